The fraction of sp³-hybridized carbons (Fsp3) is 0.0370. The summed E-state index contributed by atoms with van der Waals surface area (Å²) in [4.78, 5) is 2.43. The lowest BCUT2D eigenvalue weighted by atomic mass is 9.65. The van der Waals surface area contributed by atoms with Gasteiger partial charge in [0, 0.05) is 17.1 Å². The summed E-state index contributed by atoms with van der Waals surface area (Å²) in [6, 6.07) is 121. The van der Waals surface area contributed by atoms with Crippen LogP contribution in [0.4, 0.5) is 17.1 Å². The van der Waals surface area contributed by atoms with E-state index in [1.807, 2.05) is 0 Å². The van der Waals surface area contributed by atoms with Crippen LogP contribution in [-0.2, 0) is 16.2 Å². The molecular formula is C81H57N. The van der Waals surface area contributed by atoms with E-state index >= 15 is 0 Å². The number of nitrogens with zero attached hydrogens (tertiary/aromatic N) is 1. The summed E-state index contributed by atoms with van der Waals surface area (Å²) < 4.78 is 0. The van der Waals surface area contributed by atoms with Crippen LogP contribution in [0.15, 0.2) is 328 Å². The third-order valence-electron chi connectivity index (χ3n) is 17.8. The summed E-state index contributed by atoms with van der Waals surface area (Å²) in [7, 11) is 0. The van der Waals surface area contributed by atoms with Crippen molar-refractivity contribution in [2.45, 2.75) is 16.2 Å². The van der Waals surface area contributed by atoms with E-state index < -0.39 is 16.2 Å². The second-order valence-corrected chi connectivity index (χ2v) is 21.9. The summed E-state index contributed by atoms with van der Waals surface area (Å²) in [6.45, 7) is 0. The Kier molecular flexibility index (Phi) is 11.9. The molecule has 0 spiro atoms. The minimum Gasteiger partial charge on any atom is -0.311 e. The third kappa shape index (κ3) is 7.54. The van der Waals surface area contributed by atoms with Crippen molar-refractivity contribution in [3.05, 3.63) is 411 Å². The predicted molar refractivity (Wildman–Crippen MR) is 342 cm³/mol. The number of rotatable bonds is 12. The first-order valence-corrected chi connectivity index (χ1v) is 28.6. The third-order valence-corrected chi connectivity index (χ3v) is 17.8. The van der Waals surface area contributed by atoms with E-state index in [2.05, 4.69) is 351 Å². The molecule has 0 fully saturated rings. The fourth-order valence-electron chi connectivity index (χ4n) is 14.3. The molecule has 3 aliphatic rings. The van der Waals surface area contributed by atoms with E-state index in [-0.39, 0.29) is 0 Å². The molecule has 0 aromatic heterocycles. The number of benzene rings is 12. The molecule has 0 atom stereocenters. The van der Waals surface area contributed by atoms with Gasteiger partial charge in [-0.15, -0.1) is 0 Å². The number of allylic oxidation sites excluding steroid dienone is 3. The lowest BCUT2D eigenvalue weighted by Gasteiger charge is -2.36. The maximum absolute atomic E-state index is 2.43. The van der Waals surface area contributed by atoms with Crippen molar-refractivity contribution in [2.75, 3.05) is 4.90 Å². The molecule has 0 amide bonds. The van der Waals surface area contributed by atoms with E-state index in [0.29, 0.717) is 0 Å². The first-order valence-electron chi connectivity index (χ1n) is 28.6. The molecule has 1 nitrogen and oxygen atoms in total. The molecule has 82 heavy (non-hydrogen) atoms. The Balaban J connectivity index is 0.882. The molecule has 0 radical (unpaired) electrons. The number of anilines is 3. The summed E-state index contributed by atoms with van der Waals surface area (Å²) in [5.74, 6) is 0. The van der Waals surface area contributed by atoms with Crippen LogP contribution >= 0.6 is 0 Å². The lowest BCUT2D eigenvalue weighted by molar-refractivity contribution is 0.814. The molecular weight excluding hydrogens is 987 g/mol. The van der Waals surface area contributed by atoms with Crippen LogP contribution in [0.5, 0.6) is 0 Å². The normalized spacial score (nSPS) is 14.9. The average Bonchev–Trinajstić information content (AvgIpc) is 4.10. The highest BCUT2D eigenvalue weighted by atomic mass is 15.1. The molecule has 0 saturated carbocycles. The summed E-state index contributed by atoms with van der Waals surface area (Å²) >= 11 is 0. The molecule has 1 heteroatoms. The Hall–Kier alpha value is -10.3. The van der Waals surface area contributed by atoms with Crippen LogP contribution in [0.2, 0.25) is 0 Å². The van der Waals surface area contributed by atoms with Gasteiger partial charge in [-0.1, -0.05) is 291 Å². The van der Waals surface area contributed by atoms with E-state index in [9.17, 15) is 0 Å². The standard InChI is InChI=1S/C81H57N/c1-7-28-64(29-8-1)79(65-30-9-2-10-31-65)73-40-22-19-25-61(73)55-76(79)58-43-49-70(50-44-58)82(71-51-45-59(46-52-71)77-56-62-26-20-23-41-74(62)80(77,66-32-11-3-12-33-66)67-34-13-4-14-35-67)72-53-47-60(48-54-72)78-57-63-27-21-24-42-75(63)81(78,68-36-15-5-16-37-68)69-38-17-6-18-39-69/h1-57H. The van der Waals surface area contributed by atoms with E-state index in [1.54, 1.807) is 0 Å². The average molecular weight is 1040 g/mol. The molecule has 15 rings (SSSR count). The largest absolute Gasteiger partial charge is 0.311 e. The molecule has 0 aliphatic heterocycles. The van der Waals surface area contributed by atoms with Crippen LogP contribution in [0.3, 0.4) is 0 Å². The van der Waals surface area contributed by atoms with Crippen molar-refractivity contribution in [3.8, 4) is 0 Å². The molecule has 0 saturated heterocycles. The van der Waals surface area contributed by atoms with Gasteiger partial charge in [0.05, 0.1) is 16.2 Å². The van der Waals surface area contributed by atoms with Gasteiger partial charge < -0.3 is 4.90 Å². The zero-order valence-electron chi connectivity index (χ0n) is 45.4. The quantitative estimate of drug-likeness (QED) is 0.118. The highest BCUT2D eigenvalue weighted by Crippen LogP contribution is 2.59. The first kappa shape index (κ1) is 48.8. The zero-order chi connectivity index (χ0) is 54.5. The van der Waals surface area contributed by atoms with Gasteiger partial charge in [-0.2, -0.15) is 0 Å². The fourth-order valence-corrected chi connectivity index (χ4v) is 14.3. The second-order valence-electron chi connectivity index (χ2n) is 21.9. The molecule has 0 N–H and O–H groups in total. The Labute approximate surface area is 481 Å². The summed E-state index contributed by atoms with van der Waals surface area (Å²) in [5, 5.41) is 0. The van der Waals surface area contributed by atoms with Crippen molar-refractivity contribution in [1.82, 2.24) is 0 Å². The topological polar surface area (TPSA) is 3.24 Å². The van der Waals surface area contributed by atoms with E-state index in [1.165, 1.54) is 100 Å². The number of fused-ring (bicyclic) bond motifs is 3. The minimum absolute atomic E-state index is 0.515. The van der Waals surface area contributed by atoms with Crippen LogP contribution in [0.1, 0.15) is 83.5 Å². The monoisotopic (exact) mass is 1040 g/mol. The zero-order valence-corrected chi connectivity index (χ0v) is 45.4. The number of hydrogen-bond acceptors (Lipinski definition) is 1. The molecule has 3 aliphatic carbocycles. The smallest absolute Gasteiger partial charge is 0.0713 e. The second kappa shape index (κ2) is 20.1. The van der Waals surface area contributed by atoms with Gasteiger partial charge in [0.25, 0.3) is 0 Å². The van der Waals surface area contributed by atoms with Gasteiger partial charge in [-0.25, -0.2) is 0 Å². The van der Waals surface area contributed by atoms with Crippen LogP contribution in [0.25, 0.3) is 34.9 Å². The van der Waals surface area contributed by atoms with Crippen molar-refractivity contribution < 1.29 is 0 Å². The summed E-state index contributed by atoms with van der Waals surface area (Å²) in [5.41, 5.74) is 24.0. The highest BCUT2D eigenvalue weighted by molar-refractivity contribution is 6.03. The Morgan fingerprint density at radius 1 is 0.183 bits per heavy atom. The van der Waals surface area contributed by atoms with Crippen LogP contribution in [0, 0.1) is 0 Å². The van der Waals surface area contributed by atoms with Gasteiger partial charge in [0.15, 0.2) is 0 Å². The molecule has 0 unspecified atom stereocenters. The summed E-state index contributed by atoms with van der Waals surface area (Å²) in [6.07, 6.45) is 7.25. The van der Waals surface area contributed by atoms with Gasteiger partial charge in [0.2, 0.25) is 0 Å². The number of hydrogen-bond donors (Lipinski definition) is 0. The van der Waals surface area contributed by atoms with Crippen molar-refractivity contribution in [3.63, 3.8) is 0 Å². The molecule has 386 valence electrons. The maximum Gasteiger partial charge on any atom is 0.0713 e. The van der Waals surface area contributed by atoms with Crippen molar-refractivity contribution in [2.24, 2.45) is 0 Å². The molecule has 0 heterocycles. The predicted octanol–water partition coefficient (Wildman–Crippen LogP) is 19.8. The molecule has 12 aromatic carbocycles. The van der Waals surface area contributed by atoms with Gasteiger partial charge in [-0.3, -0.25) is 0 Å². The molecule has 0 bridgehead atoms. The Morgan fingerprint density at radius 3 is 0.598 bits per heavy atom. The van der Waals surface area contributed by atoms with E-state index in [4.69, 9.17) is 0 Å². The van der Waals surface area contributed by atoms with Gasteiger partial charge >= 0.3 is 0 Å². The Bertz CT molecular complexity index is 3790. The maximum atomic E-state index is 2.43. The minimum atomic E-state index is -0.515. The SMILES string of the molecule is C1=C(c2ccc(N(c3ccc(C4=Cc5ccccc5C4(c4ccccc4)c4ccccc4)cc3)c3ccc(C4=Cc5ccccc5C4(c4ccccc4)c4ccccc4)cc3)cc2)C(c2ccccc2)(c2ccccc2)c2ccccc21. The van der Waals surface area contributed by atoms with Crippen molar-refractivity contribution >= 4 is 52.0 Å². The lowest BCUT2D eigenvalue weighted by Crippen LogP contribution is -2.29. The van der Waals surface area contributed by atoms with Crippen molar-refractivity contribution in [1.29, 1.82) is 0 Å². The highest BCUT2D eigenvalue weighted by Gasteiger charge is 2.48. The first-order chi connectivity index (χ1) is 40.7. The van der Waals surface area contributed by atoms with Gasteiger partial charge in [-0.05, 0) is 155 Å². The van der Waals surface area contributed by atoms with E-state index in [0.717, 1.165) is 17.1 Å². The van der Waals surface area contributed by atoms with Crippen LogP contribution < -0.4 is 4.90 Å². The Morgan fingerprint density at radius 2 is 0.378 bits per heavy atom. The molecule has 12 aromatic rings. The van der Waals surface area contributed by atoms with Gasteiger partial charge in [0.1, 0.15) is 0 Å². The van der Waals surface area contributed by atoms with Crippen LogP contribution in [-0.4, -0.2) is 0 Å².